The first kappa shape index (κ1) is 19.8. The minimum atomic E-state index is -0.699. The number of hydrogen-bond donors (Lipinski definition) is 3. The summed E-state index contributed by atoms with van der Waals surface area (Å²) in [7, 11) is 0. The van der Waals surface area contributed by atoms with Gasteiger partial charge in [0.05, 0.1) is 11.4 Å². The highest BCUT2D eigenvalue weighted by molar-refractivity contribution is 7.98. The van der Waals surface area contributed by atoms with E-state index in [1.54, 1.807) is 11.8 Å². The molecule has 0 aliphatic heterocycles. The Balaban J connectivity index is 2.09. The molecule has 26 heavy (non-hydrogen) atoms. The molecule has 2 aromatic rings. The fourth-order valence-corrected chi connectivity index (χ4v) is 3.20. The standard InChI is InChI=1S/C18H25N5O2S/c1-12-15(13(2)23(22-12)14-7-5-4-6-8-14)11-20-17(24)16(9-10-26-3)21-18(19)25/h4-8,16H,9-11H2,1-3H3,(H,20,24)(H3,19,21,25)/t16-/m1/s1. The number of nitrogens with zero attached hydrogens (tertiary/aromatic N) is 2. The van der Waals surface area contributed by atoms with Crippen LogP contribution in [0, 0.1) is 13.8 Å². The zero-order valence-electron chi connectivity index (χ0n) is 15.3. The van der Waals surface area contributed by atoms with Crippen LogP contribution in [-0.2, 0) is 11.3 Å². The minimum Gasteiger partial charge on any atom is -0.352 e. The van der Waals surface area contributed by atoms with Crippen molar-refractivity contribution in [1.29, 1.82) is 0 Å². The number of aryl methyl sites for hydroxylation is 1. The van der Waals surface area contributed by atoms with Gasteiger partial charge in [0.25, 0.3) is 0 Å². The average molecular weight is 375 g/mol. The van der Waals surface area contributed by atoms with Crippen LogP contribution in [0.2, 0.25) is 0 Å². The second-order valence-electron chi connectivity index (χ2n) is 5.96. The molecular formula is C18H25N5O2S. The average Bonchev–Trinajstić information content (AvgIpc) is 2.91. The van der Waals surface area contributed by atoms with Crippen LogP contribution in [-0.4, -0.2) is 39.8 Å². The molecule has 2 rings (SSSR count). The van der Waals surface area contributed by atoms with Crippen LogP contribution in [0.4, 0.5) is 4.79 Å². The topological polar surface area (TPSA) is 102 Å². The number of rotatable bonds is 8. The molecule has 0 radical (unpaired) electrons. The maximum atomic E-state index is 12.4. The van der Waals surface area contributed by atoms with Crippen molar-refractivity contribution in [1.82, 2.24) is 20.4 Å². The lowest BCUT2D eigenvalue weighted by atomic mass is 10.1. The number of aromatic nitrogens is 2. The van der Waals surface area contributed by atoms with Gasteiger partial charge in [0.2, 0.25) is 5.91 Å². The molecule has 0 saturated heterocycles. The molecule has 4 N–H and O–H groups in total. The Bertz CT molecular complexity index is 760. The summed E-state index contributed by atoms with van der Waals surface area (Å²) in [5.74, 6) is 0.506. The van der Waals surface area contributed by atoms with Gasteiger partial charge in [-0.05, 0) is 44.4 Å². The fourth-order valence-electron chi connectivity index (χ4n) is 2.73. The van der Waals surface area contributed by atoms with Gasteiger partial charge < -0.3 is 16.4 Å². The van der Waals surface area contributed by atoms with Crippen LogP contribution in [0.15, 0.2) is 30.3 Å². The minimum absolute atomic E-state index is 0.246. The van der Waals surface area contributed by atoms with Crippen LogP contribution in [0.1, 0.15) is 23.4 Å². The lowest BCUT2D eigenvalue weighted by Gasteiger charge is -2.17. The second-order valence-corrected chi connectivity index (χ2v) is 6.94. The first-order valence-corrected chi connectivity index (χ1v) is 9.76. The largest absolute Gasteiger partial charge is 0.352 e. The highest BCUT2D eigenvalue weighted by atomic mass is 32.2. The predicted octanol–water partition coefficient (Wildman–Crippen LogP) is 1.90. The van der Waals surface area contributed by atoms with Crippen LogP contribution in [0.25, 0.3) is 5.69 Å². The zero-order chi connectivity index (χ0) is 19.1. The third-order valence-corrected chi connectivity index (χ3v) is 4.77. The Morgan fingerprint density at radius 3 is 2.58 bits per heavy atom. The van der Waals surface area contributed by atoms with E-state index in [1.165, 1.54) is 0 Å². The van der Waals surface area contributed by atoms with Gasteiger partial charge in [-0.1, -0.05) is 18.2 Å². The van der Waals surface area contributed by atoms with Gasteiger partial charge in [-0.25, -0.2) is 9.48 Å². The van der Waals surface area contributed by atoms with Gasteiger partial charge in [0.1, 0.15) is 6.04 Å². The van der Waals surface area contributed by atoms with Crippen molar-refractivity contribution in [3.8, 4) is 5.69 Å². The van der Waals surface area contributed by atoms with E-state index in [4.69, 9.17) is 5.73 Å². The number of para-hydroxylation sites is 1. The molecule has 0 aliphatic rings. The van der Waals surface area contributed by atoms with Crippen molar-refractivity contribution in [2.24, 2.45) is 5.73 Å². The number of urea groups is 1. The van der Waals surface area contributed by atoms with E-state index in [0.29, 0.717) is 13.0 Å². The van der Waals surface area contributed by atoms with E-state index in [0.717, 1.165) is 28.4 Å². The van der Waals surface area contributed by atoms with Crippen LogP contribution in [0.3, 0.4) is 0 Å². The van der Waals surface area contributed by atoms with Gasteiger partial charge in [-0.15, -0.1) is 0 Å². The Kier molecular flexibility index (Phi) is 7.08. The Hall–Kier alpha value is -2.48. The van der Waals surface area contributed by atoms with E-state index in [1.807, 2.05) is 55.1 Å². The van der Waals surface area contributed by atoms with Crippen molar-refractivity contribution in [3.05, 3.63) is 47.3 Å². The summed E-state index contributed by atoms with van der Waals surface area (Å²) in [4.78, 5) is 23.6. The van der Waals surface area contributed by atoms with E-state index < -0.39 is 12.1 Å². The SMILES string of the molecule is CSCC[C@@H](NC(N)=O)C(=O)NCc1c(C)nn(-c2ccccc2)c1C. The van der Waals surface area contributed by atoms with Crippen molar-refractivity contribution in [2.75, 3.05) is 12.0 Å². The Labute approximate surface area is 157 Å². The molecule has 1 atom stereocenters. The maximum absolute atomic E-state index is 12.4. The number of nitrogens with two attached hydrogens (primary N) is 1. The number of hydrogen-bond acceptors (Lipinski definition) is 4. The molecule has 1 aromatic heterocycles. The lowest BCUT2D eigenvalue weighted by Crippen LogP contribution is -2.48. The normalized spacial score (nSPS) is 11.8. The molecule has 0 aliphatic carbocycles. The van der Waals surface area contributed by atoms with Gasteiger partial charge in [-0.3, -0.25) is 4.79 Å². The van der Waals surface area contributed by atoms with Gasteiger partial charge in [0, 0.05) is 17.8 Å². The highest BCUT2D eigenvalue weighted by Gasteiger charge is 2.20. The Morgan fingerprint density at radius 1 is 1.27 bits per heavy atom. The number of primary amides is 1. The second kappa shape index (κ2) is 9.28. The first-order valence-electron chi connectivity index (χ1n) is 8.37. The molecule has 0 bridgehead atoms. The maximum Gasteiger partial charge on any atom is 0.312 e. The number of carbonyl (C=O) groups is 2. The molecule has 0 fully saturated rings. The molecule has 140 valence electrons. The summed E-state index contributed by atoms with van der Waals surface area (Å²) in [6, 6.07) is 8.50. The first-order chi connectivity index (χ1) is 12.4. The molecule has 0 spiro atoms. The van der Waals surface area contributed by atoms with Crippen LogP contribution < -0.4 is 16.4 Å². The molecule has 1 heterocycles. The van der Waals surface area contributed by atoms with Crippen molar-refractivity contribution in [3.63, 3.8) is 0 Å². The third-order valence-electron chi connectivity index (χ3n) is 4.12. The molecule has 8 heteroatoms. The molecular weight excluding hydrogens is 350 g/mol. The number of amides is 3. The van der Waals surface area contributed by atoms with Crippen molar-refractivity contribution < 1.29 is 9.59 Å². The lowest BCUT2D eigenvalue weighted by molar-refractivity contribution is -0.123. The highest BCUT2D eigenvalue weighted by Crippen LogP contribution is 2.17. The molecule has 0 unspecified atom stereocenters. The third kappa shape index (κ3) is 5.01. The summed E-state index contributed by atoms with van der Waals surface area (Å²) in [6.45, 7) is 4.24. The number of nitrogens with one attached hydrogen (secondary N) is 2. The van der Waals surface area contributed by atoms with Crippen molar-refractivity contribution in [2.45, 2.75) is 32.9 Å². The van der Waals surface area contributed by atoms with Gasteiger partial charge in [-0.2, -0.15) is 16.9 Å². The van der Waals surface area contributed by atoms with Crippen LogP contribution in [0.5, 0.6) is 0 Å². The summed E-state index contributed by atoms with van der Waals surface area (Å²) < 4.78 is 1.86. The van der Waals surface area contributed by atoms with Gasteiger partial charge >= 0.3 is 6.03 Å². The molecule has 3 amide bonds. The monoisotopic (exact) mass is 375 g/mol. The number of thioether (sulfide) groups is 1. The summed E-state index contributed by atoms with van der Waals surface area (Å²) in [6.07, 6.45) is 2.47. The fraction of sp³-hybridized carbons (Fsp3) is 0.389. The molecule has 0 saturated carbocycles. The summed E-state index contributed by atoms with van der Waals surface area (Å²) in [5.41, 5.74) is 8.94. The summed E-state index contributed by atoms with van der Waals surface area (Å²) >= 11 is 1.61. The summed E-state index contributed by atoms with van der Waals surface area (Å²) in [5, 5.41) is 9.97. The quantitative estimate of drug-likeness (QED) is 0.656. The smallest absolute Gasteiger partial charge is 0.312 e. The van der Waals surface area contributed by atoms with Gasteiger partial charge in [0.15, 0.2) is 0 Å². The van der Waals surface area contributed by atoms with E-state index in [-0.39, 0.29) is 5.91 Å². The van der Waals surface area contributed by atoms with E-state index in [9.17, 15) is 9.59 Å². The molecule has 1 aromatic carbocycles. The Morgan fingerprint density at radius 2 is 1.96 bits per heavy atom. The molecule has 7 nitrogen and oxygen atoms in total. The van der Waals surface area contributed by atoms with Crippen molar-refractivity contribution >= 4 is 23.7 Å². The number of benzene rings is 1. The number of carbonyl (C=O) groups excluding carboxylic acids is 2. The zero-order valence-corrected chi connectivity index (χ0v) is 16.1. The predicted molar refractivity (Wildman–Crippen MR) is 104 cm³/mol. The van der Waals surface area contributed by atoms with E-state index >= 15 is 0 Å². The van der Waals surface area contributed by atoms with Crippen LogP contribution >= 0.6 is 11.8 Å². The van der Waals surface area contributed by atoms with E-state index in [2.05, 4.69) is 15.7 Å².